The van der Waals surface area contributed by atoms with Crippen LogP contribution in [-0.4, -0.2) is 29.2 Å². The van der Waals surface area contributed by atoms with Gasteiger partial charge in [0, 0.05) is 10.2 Å². The highest BCUT2D eigenvalue weighted by atomic mass is 79.9. The van der Waals surface area contributed by atoms with Gasteiger partial charge in [-0.15, -0.1) is 0 Å². The molecule has 3 aliphatic rings. The number of nitrogens with zero attached hydrogens (tertiary/aromatic N) is 1. The number of amides is 3. The molecule has 5 nitrogen and oxygen atoms in total. The number of carbonyl (C=O) groups is 3. The molecule has 2 aromatic carbocycles. The summed E-state index contributed by atoms with van der Waals surface area (Å²) in [5, 5.41) is 2.84. The Bertz CT molecular complexity index is 1040. The smallest absolute Gasteiger partial charge is 0.244 e. The van der Waals surface area contributed by atoms with Crippen molar-refractivity contribution in [3.8, 4) is 0 Å². The third-order valence-electron chi connectivity index (χ3n) is 7.10. The number of fused-ring (bicyclic) bond motifs is 5. The number of imide groups is 1. The quantitative estimate of drug-likeness (QED) is 0.689. The van der Waals surface area contributed by atoms with Gasteiger partial charge in [0.15, 0.2) is 0 Å². The molecule has 2 aliphatic carbocycles. The summed E-state index contributed by atoms with van der Waals surface area (Å²) >= 11 is 3.41. The molecule has 30 heavy (non-hydrogen) atoms. The van der Waals surface area contributed by atoms with Crippen LogP contribution >= 0.6 is 15.9 Å². The summed E-state index contributed by atoms with van der Waals surface area (Å²) in [6.07, 6.45) is 1.89. The Labute approximate surface area is 184 Å². The van der Waals surface area contributed by atoms with Crippen LogP contribution in [0.5, 0.6) is 0 Å². The average molecular weight is 467 g/mol. The van der Waals surface area contributed by atoms with Crippen molar-refractivity contribution in [2.45, 2.75) is 25.7 Å². The van der Waals surface area contributed by atoms with Crippen molar-refractivity contribution in [1.82, 2.24) is 4.90 Å². The first kappa shape index (κ1) is 19.5. The molecule has 0 unspecified atom stereocenters. The fourth-order valence-electron chi connectivity index (χ4n) is 5.86. The number of benzene rings is 2. The molecular weight excluding hydrogens is 444 g/mol. The molecule has 3 amide bonds. The third-order valence-corrected chi connectivity index (χ3v) is 7.59. The van der Waals surface area contributed by atoms with E-state index in [2.05, 4.69) is 33.4 Å². The monoisotopic (exact) mass is 466 g/mol. The van der Waals surface area contributed by atoms with Crippen LogP contribution in [0.4, 0.5) is 5.69 Å². The third kappa shape index (κ3) is 3.09. The zero-order valence-electron chi connectivity index (χ0n) is 16.7. The number of carbonyl (C=O) groups excluding carboxylic acids is 3. The van der Waals surface area contributed by atoms with E-state index in [0.29, 0.717) is 11.6 Å². The van der Waals surface area contributed by atoms with E-state index in [9.17, 15) is 14.4 Å². The molecule has 3 fully saturated rings. The molecule has 0 aromatic heterocycles. The number of aryl methyl sites for hydroxylation is 1. The summed E-state index contributed by atoms with van der Waals surface area (Å²) < 4.78 is 0.930. The number of hydrogen-bond donors (Lipinski definition) is 1. The summed E-state index contributed by atoms with van der Waals surface area (Å²) in [6.45, 7) is 1.69. The SMILES string of the molecule is Cc1cc(Br)ccc1NC(=O)CN1C(=O)[C@@H]2[C@@H]3C[C@@H]([C@H]2C1=O)[C@H](c1ccccc1)C3. The lowest BCUT2D eigenvalue weighted by molar-refractivity contribution is -0.143. The number of nitrogens with one attached hydrogen (secondary N) is 1. The second-order valence-corrected chi connectivity index (χ2v) is 9.65. The Morgan fingerprint density at radius 2 is 1.80 bits per heavy atom. The van der Waals surface area contributed by atoms with E-state index < -0.39 is 0 Å². The van der Waals surface area contributed by atoms with Crippen molar-refractivity contribution >= 4 is 39.3 Å². The maximum absolute atomic E-state index is 13.2. The molecule has 1 aliphatic heterocycles. The zero-order valence-corrected chi connectivity index (χ0v) is 18.3. The fourth-order valence-corrected chi connectivity index (χ4v) is 6.34. The molecule has 5 atom stereocenters. The highest BCUT2D eigenvalue weighted by Gasteiger charge is 2.63. The van der Waals surface area contributed by atoms with E-state index in [1.54, 1.807) is 0 Å². The van der Waals surface area contributed by atoms with Gasteiger partial charge in [-0.3, -0.25) is 19.3 Å². The topological polar surface area (TPSA) is 66.5 Å². The van der Waals surface area contributed by atoms with Crippen LogP contribution in [0.1, 0.15) is 29.9 Å². The Hall–Kier alpha value is -2.47. The van der Waals surface area contributed by atoms with Gasteiger partial charge in [0.25, 0.3) is 0 Å². The number of hydrogen-bond acceptors (Lipinski definition) is 3. The van der Waals surface area contributed by atoms with Gasteiger partial charge in [0.2, 0.25) is 17.7 Å². The van der Waals surface area contributed by atoms with Crippen LogP contribution in [0.25, 0.3) is 0 Å². The molecule has 0 radical (unpaired) electrons. The average Bonchev–Trinajstić information content (AvgIpc) is 3.39. The normalized spacial score (nSPS) is 29.4. The molecule has 6 heteroatoms. The first-order valence-electron chi connectivity index (χ1n) is 10.4. The van der Waals surface area contributed by atoms with Gasteiger partial charge in [0.1, 0.15) is 6.54 Å². The first-order valence-corrected chi connectivity index (χ1v) is 11.2. The minimum absolute atomic E-state index is 0.160. The van der Waals surface area contributed by atoms with Crippen LogP contribution in [0.3, 0.4) is 0 Å². The number of likely N-dealkylation sites (tertiary alicyclic amines) is 1. The van der Waals surface area contributed by atoms with Gasteiger partial charge in [0.05, 0.1) is 11.8 Å². The van der Waals surface area contributed by atoms with Crippen LogP contribution in [0, 0.1) is 30.6 Å². The largest absolute Gasteiger partial charge is 0.324 e. The Morgan fingerprint density at radius 1 is 1.07 bits per heavy atom. The summed E-state index contributed by atoms with van der Waals surface area (Å²) in [7, 11) is 0. The summed E-state index contributed by atoms with van der Waals surface area (Å²) in [4.78, 5) is 40.0. The second-order valence-electron chi connectivity index (χ2n) is 8.73. The summed E-state index contributed by atoms with van der Waals surface area (Å²) in [5.74, 6) is -0.424. The molecule has 154 valence electrons. The summed E-state index contributed by atoms with van der Waals surface area (Å²) in [5.41, 5.74) is 2.86. The van der Waals surface area contributed by atoms with Crippen molar-refractivity contribution in [1.29, 1.82) is 0 Å². The van der Waals surface area contributed by atoms with Gasteiger partial charge in [-0.1, -0.05) is 46.3 Å². The van der Waals surface area contributed by atoms with E-state index in [-0.39, 0.29) is 47.9 Å². The number of halogens is 1. The number of rotatable bonds is 4. The minimum Gasteiger partial charge on any atom is -0.324 e. The van der Waals surface area contributed by atoms with Crippen molar-refractivity contribution in [3.05, 3.63) is 64.1 Å². The minimum atomic E-state index is -0.339. The zero-order chi connectivity index (χ0) is 21.0. The van der Waals surface area contributed by atoms with Gasteiger partial charge >= 0.3 is 0 Å². The maximum atomic E-state index is 13.2. The Balaban J connectivity index is 1.31. The maximum Gasteiger partial charge on any atom is 0.244 e. The van der Waals surface area contributed by atoms with Crippen LogP contribution in [-0.2, 0) is 14.4 Å². The van der Waals surface area contributed by atoms with Crippen molar-refractivity contribution in [3.63, 3.8) is 0 Å². The van der Waals surface area contributed by atoms with E-state index in [0.717, 1.165) is 22.9 Å². The second kappa shape index (κ2) is 7.34. The lowest BCUT2D eigenvalue weighted by atomic mass is 9.73. The lowest BCUT2D eigenvalue weighted by Gasteiger charge is -2.28. The van der Waals surface area contributed by atoms with Crippen molar-refractivity contribution in [2.75, 3.05) is 11.9 Å². The Morgan fingerprint density at radius 3 is 2.53 bits per heavy atom. The van der Waals surface area contributed by atoms with E-state index in [1.165, 1.54) is 10.5 Å². The van der Waals surface area contributed by atoms with Crippen molar-refractivity contribution < 1.29 is 14.4 Å². The highest BCUT2D eigenvalue weighted by molar-refractivity contribution is 9.10. The number of anilines is 1. The summed E-state index contributed by atoms with van der Waals surface area (Å²) in [6, 6.07) is 15.9. The molecule has 1 heterocycles. The molecule has 2 aromatic rings. The highest BCUT2D eigenvalue weighted by Crippen LogP contribution is 2.61. The van der Waals surface area contributed by atoms with Crippen LogP contribution < -0.4 is 5.32 Å². The van der Waals surface area contributed by atoms with Gasteiger partial charge < -0.3 is 5.32 Å². The van der Waals surface area contributed by atoms with E-state index >= 15 is 0 Å². The van der Waals surface area contributed by atoms with Crippen LogP contribution in [0.15, 0.2) is 53.0 Å². The Kier molecular flexibility index (Phi) is 4.77. The molecule has 5 rings (SSSR count). The van der Waals surface area contributed by atoms with Crippen molar-refractivity contribution in [2.24, 2.45) is 23.7 Å². The standard InChI is InChI=1S/C24H23BrN2O3/c1-13-9-16(25)7-8-19(13)26-20(28)12-27-23(29)21-15-10-17(14-5-3-2-4-6-14)18(11-15)22(21)24(27)30/h2-9,15,17-18,21-22H,10-12H2,1H3,(H,26,28)/t15-,17-,18+,21+,22+/m0/s1. The molecular formula is C24H23BrN2O3. The van der Waals surface area contributed by atoms with Gasteiger partial charge in [-0.05, 0) is 66.8 Å². The van der Waals surface area contributed by atoms with Gasteiger partial charge in [-0.2, -0.15) is 0 Å². The lowest BCUT2D eigenvalue weighted by Crippen LogP contribution is -2.39. The molecule has 1 saturated heterocycles. The van der Waals surface area contributed by atoms with E-state index in [1.807, 2.05) is 43.3 Å². The predicted octanol–water partition coefficient (Wildman–Crippen LogP) is 4.12. The molecule has 2 bridgehead atoms. The molecule has 1 N–H and O–H groups in total. The first-order chi connectivity index (χ1) is 14.4. The van der Waals surface area contributed by atoms with E-state index in [4.69, 9.17) is 0 Å². The molecule has 2 saturated carbocycles. The van der Waals surface area contributed by atoms with Crippen LogP contribution in [0.2, 0.25) is 0 Å². The fraction of sp³-hybridized carbons (Fsp3) is 0.375. The molecule has 0 spiro atoms. The van der Waals surface area contributed by atoms with Gasteiger partial charge in [-0.25, -0.2) is 0 Å². The predicted molar refractivity (Wildman–Crippen MR) is 117 cm³/mol.